The Bertz CT molecular complexity index is 1220. The third-order valence-corrected chi connectivity index (χ3v) is 6.24. The SMILES string of the molecule is COc1ccc(N(Cc2nnn(C)n2)[C@H]2c3cc([N+](=O)[O-])ccc3O[C@](C)(C(OC)OC)[C@@H]2O)cc1. The van der Waals surface area contributed by atoms with Gasteiger partial charge in [-0.1, -0.05) is 0 Å². The van der Waals surface area contributed by atoms with Crippen molar-refractivity contribution in [2.24, 2.45) is 7.05 Å². The molecular formula is C23H28N6O7. The molecule has 0 bridgehead atoms. The number of fused-ring (bicyclic) bond motifs is 1. The van der Waals surface area contributed by atoms with Gasteiger partial charge in [0, 0.05) is 37.6 Å². The summed E-state index contributed by atoms with van der Waals surface area (Å²) in [6, 6.07) is 10.6. The molecule has 0 saturated heterocycles. The number of nitrogens with zero attached hydrogens (tertiary/aromatic N) is 6. The molecule has 0 radical (unpaired) electrons. The smallest absolute Gasteiger partial charge is 0.270 e. The lowest BCUT2D eigenvalue weighted by atomic mass is 9.83. The largest absolute Gasteiger partial charge is 0.497 e. The summed E-state index contributed by atoms with van der Waals surface area (Å²) >= 11 is 0. The van der Waals surface area contributed by atoms with Gasteiger partial charge in [-0.3, -0.25) is 10.1 Å². The number of rotatable bonds is 9. The second-order valence-electron chi connectivity index (χ2n) is 8.48. The zero-order valence-electron chi connectivity index (χ0n) is 20.6. The summed E-state index contributed by atoms with van der Waals surface area (Å²) in [5, 5.41) is 35.8. The van der Waals surface area contributed by atoms with Crippen molar-refractivity contribution in [3.8, 4) is 11.5 Å². The number of tetrazole rings is 1. The molecule has 36 heavy (non-hydrogen) atoms. The first-order valence-electron chi connectivity index (χ1n) is 11.1. The highest BCUT2D eigenvalue weighted by Gasteiger charge is 2.54. The van der Waals surface area contributed by atoms with E-state index < -0.39 is 29.0 Å². The summed E-state index contributed by atoms with van der Waals surface area (Å²) in [5.41, 5.74) is -0.418. The van der Waals surface area contributed by atoms with Crippen LogP contribution in [0.25, 0.3) is 0 Å². The molecule has 0 aliphatic carbocycles. The molecule has 192 valence electrons. The molecule has 3 aromatic rings. The summed E-state index contributed by atoms with van der Waals surface area (Å²) < 4.78 is 22.5. The first-order chi connectivity index (χ1) is 17.2. The van der Waals surface area contributed by atoms with Crippen LogP contribution in [0.3, 0.4) is 0 Å². The van der Waals surface area contributed by atoms with E-state index in [0.29, 0.717) is 28.6 Å². The molecule has 0 amide bonds. The number of methoxy groups -OCH3 is 3. The van der Waals surface area contributed by atoms with Crippen LogP contribution in [0.5, 0.6) is 11.5 Å². The Kier molecular flexibility index (Phi) is 7.06. The van der Waals surface area contributed by atoms with Crippen molar-refractivity contribution in [2.45, 2.75) is 37.5 Å². The Morgan fingerprint density at radius 1 is 1.22 bits per heavy atom. The first-order valence-corrected chi connectivity index (χ1v) is 11.1. The third kappa shape index (κ3) is 4.55. The zero-order valence-corrected chi connectivity index (χ0v) is 20.6. The van der Waals surface area contributed by atoms with E-state index in [9.17, 15) is 15.2 Å². The second-order valence-corrected chi connectivity index (χ2v) is 8.48. The summed E-state index contributed by atoms with van der Waals surface area (Å²) in [4.78, 5) is 14.3. The number of hydrogen-bond donors (Lipinski definition) is 1. The lowest BCUT2D eigenvalue weighted by Crippen LogP contribution is -2.62. The molecule has 2 aromatic carbocycles. The highest BCUT2D eigenvalue weighted by Crippen LogP contribution is 2.47. The molecule has 0 saturated carbocycles. The van der Waals surface area contributed by atoms with Crippen molar-refractivity contribution < 1.29 is 29.0 Å². The van der Waals surface area contributed by atoms with Crippen LogP contribution in [0.1, 0.15) is 24.4 Å². The van der Waals surface area contributed by atoms with Crippen molar-refractivity contribution in [2.75, 3.05) is 26.2 Å². The number of hydrogen-bond acceptors (Lipinski definition) is 11. The predicted octanol–water partition coefficient (Wildman–Crippen LogP) is 2.01. The van der Waals surface area contributed by atoms with Crippen molar-refractivity contribution in [3.63, 3.8) is 0 Å². The van der Waals surface area contributed by atoms with E-state index in [4.69, 9.17) is 18.9 Å². The summed E-state index contributed by atoms with van der Waals surface area (Å²) in [6.45, 7) is 1.80. The van der Waals surface area contributed by atoms with Crippen LogP contribution in [-0.2, 0) is 23.1 Å². The standard InChI is InChI=1S/C23H28N6O7/c1-23(22(34-4)35-5)21(30)20(17-12-15(29(31)32)8-11-18(17)36-23)28(13-19-24-26-27(2)25-19)14-6-9-16(33-3)10-7-14/h6-12,20-22,30H,13H2,1-5H3/t20-,21+,23-/m0/s1. The molecule has 0 unspecified atom stereocenters. The number of anilines is 1. The molecule has 4 rings (SSSR count). The van der Waals surface area contributed by atoms with Gasteiger partial charge in [-0.05, 0) is 42.5 Å². The van der Waals surface area contributed by atoms with E-state index in [1.165, 1.54) is 37.2 Å². The summed E-state index contributed by atoms with van der Waals surface area (Å²) in [7, 11) is 6.10. The lowest BCUT2D eigenvalue weighted by molar-refractivity contribution is -0.385. The van der Waals surface area contributed by atoms with Crippen LogP contribution in [0, 0.1) is 10.1 Å². The maximum absolute atomic E-state index is 11.8. The third-order valence-electron chi connectivity index (χ3n) is 6.24. The molecule has 3 atom stereocenters. The van der Waals surface area contributed by atoms with Gasteiger partial charge in [-0.25, -0.2) is 0 Å². The number of aliphatic hydroxyl groups excluding tert-OH is 1. The average Bonchev–Trinajstić information content (AvgIpc) is 3.29. The van der Waals surface area contributed by atoms with Gasteiger partial charge in [0.05, 0.1) is 31.7 Å². The molecule has 2 heterocycles. The van der Waals surface area contributed by atoms with Gasteiger partial charge < -0.3 is 29.0 Å². The highest BCUT2D eigenvalue weighted by molar-refractivity contribution is 5.56. The number of aryl methyl sites for hydroxylation is 1. The number of non-ortho nitro benzene ring substituents is 1. The van der Waals surface area contributed by atoms with Gasteiger partial charge >= 0.3 is 0 Å². The van der Waals surface area contributed by atoms with Crippen molar-refractivity contribution in [3.05, 3.63) is 64.0 Å². The summed E-state index contributed by atoms with van der Waals surface area (Å²) in [5.74, 6) is 1.38. The second kappa shape index (κ2) is 10.0. The average molecular weight is 501 g/mol. The van der Waals surface area contributed by atoms with Crippen LogP contribution >= 0.6 is 0 Å². The molecule has 0 spiro atoms. The maximum Gasteiger partial charge on any atom is 0.270 e. The number of aromatic nitrogens is 4. The van der Waals surface area contributed by atoms with E-state index in [2.05, 4.69) is 15.4 Å². The van der Waals surface area contributed by atoms with E-state index in [-0.39, 0.29) is 12.2 Å². The molecule has 1 aromatic heterocycles. The van der Waals surface area contributed by atoms with Gasteiger partial charge in [0.2, 0.25) is 0 Å². The van der Waals surface area contributed by atoms with Crippen LogP contribution in [0.15, 0.2) is 42.5 Å². The molecule has 1 aliphatic heterocycles. The quantitative estimate of drug-likeness (QED) is 0.261. The normalized spacial score (nSPS) is 21.1. The van der Waals surface area contributed by atoms with Gasteiger partial charge in [-0.2, -0.15) is 4.80 Å². The minimum atomic E-state index is -1.38. The lowest BCUT2D eigenvalue weighted by Gasteiger charge is -2.49. The van der Waals surface area contributed by atoms with E-state index in [1.54, 1.807) is 33.2 Å². The van der Waals surface area contributed by atoms with Gasteiger partial charge in [0.15, 0.2) is 17.7 Å². The topological polar surface area (TPSA) is 147 Å². The Labute approximate surface area is 207 Å². The van der Waals surface area contributed by atoms with Crippen LogP contribution < -0.4 is 14.4 Å². The number of aliphatic hydroxyl groups is 1. The van der Waals surface area contributed by atoms with E-state index >= 15 is 0 Å². The van der Waals surface area contributed by atoms with Gasteiger partial charge in [-0.15, -0.1) is 10.2 Å². The zero-order chi connectivity index (χ0) is 26.0. The molecule has 0 fully saturated rings. The molecule has 13 heteroatoms. The number of benzene rings is 2. The van der Waals surface area contributed by atoms with E-state index in [0.717, 1.165) is 0 Å². The van der Waals surface area contributed by atoms with Crippen molar-refractivity contribution in [1.29, 1.82) is 0 Å². The fourth-order valence-corrected chi connectivity index (χ4v) is 4.51. The predicted molar refractivity (Wildman–Crippen MR) is 127 cm³/mol. The number of nitro benzene ring substituents is 1. The number of nitro groups is 1. The minimum Gasteiger partial charge on any atom is -0.497 e. The summed E-state index contributed by atoms with van der Waals surface area (Å²) in [6.07, 6.45) is -2.22. The fourth-order valence-electron chi connectivity index (χ4n) is 4.51. The van der Waals surface area contributed by atoms with Crippen LogP contribution in [0.4, 0.5) is 11.4 Å². The van der Waals surface area contributed by atoms with Gasteiger partial charge in [0.1, 0.15) is 17.6 Å². The first kappa shape index (κ1) is 25.3. The Morgan fingerprint density at radius 2 is 1.92 bits per heavy atom. The highest BCUT2D eigenvalue weighted by atomic mass is 16.7. The molecule has 1 N–H and O–H groups in total. The Hall–Kier alpha value is -3.81. The number of ether oxygens (including phenoxy) is 4. The fraction of sp³-hybridized carbons (Fsp3) is 0.435. The van der Waals surface area contributed by atoms with Crippen molar-refractivity contribution >= 4 is 11.4 Å². The maximum atomic E-state index is 11.8. The molecular weight excluding hydrogens is 472 g/mol. The molecule has 13 nitrogen and oxygen atoms in total. The van der Waals surface area contributed by atoms with Gasteiger partial charge in [0.25, 0.3) is 5.69 Å². The molecule has 1 aliphatic rings. The minimum absolute atomic E-state index is 0.130. The van der Waals surface area contributed by atoms with Crippen molar-refractivity contribution in [1.82, 2.24) is 20.2 Å². The monoisotopic (exact) mass is 500 g/mol. The van der Waals surface area contributed by atoms with Crippen LogP contribution in [-0.4, -0.2) is 69.6 Å². The Morgan fingerprint density at radius 3 is 2.47 bits per heavy atom. The van der Waals surface area contributed by atoms with Crippen LogP contribution in [0.2, 0.25) is 0 Å². The van der Waals surface area contributed by atoms with E-state index in [1.807, 2.05) is 17.0 Å². The Balaban J connectivity index is 1.92.